The second-order valence-electron chi connectivity index (χ2n) is 11.8. The summed E-state index contributed by atoms with van der Waals surface area (Å²) in [5.41, 5.74) is 1.49. The number of benzene rings is 1. The van der Waals surface area contributed by atoms with Gasteiger partial charge in [0.15, 0.2) is 0 Å². The second kappa shape index (κ2) is 10.3. The highest BCUT2D eigenvalue weighted by molar-refractivity contribution is 6.05. The molecule has 1 aromatic rings. The standard InChI is InChI=1S/C29H38N4O5/c1-18(34)31-12-4-5-19(14-31)21-15-32(16-21)24-6-2-3-7-26(24)38-22-8-9-23-20(13-22)17-33(29(23)37)25-10-11-27(35)30-28(25)36/h8-9,13,19,21,24-26H,2-7,10-12,14-17H2,1H3,(H,30,35,36)/t19?,24-,25?,26+/m0/s1. The smallest absolute Gasteiger partial charge is 0.255 e. The van der Waals surface area contributed by atoms with Crippen LogP contribution in [0.4, 0.5) is 0 Å². The van der Waals surface area contributed by atoms with Gasteiger partial charge < -0.3 is 14.5 Å². The molecule has 4 atom stereocenters. The van der Waals surface area contributed by atoms with Gasteiger partial charge in [-0.25, -0.2) is 0 Å². The second-order valence-corrected chi connectivity index (χ2v) is 11.8. The molecule has 1 saturated carbocycles. The molecule has 1 aliphatic carbocycles. The number of piperidine rings is 2. The summed E-state index contributed by atoms with van der Waals surface area (Å²) in [6.45, 7) is 6.01. The molecule has 2 unspecified atom stereocenters. The predicted octanol–water partition coefficient (Wildman–Crippen LogP) is 2.33. The van der Waals surface area contributed by atoms with E-state index in [1.54, 1.807) is 11.8 Å². The van der Waals surface area contributed by atoms with Gasteiger partial charge >= 0.3 is 0 Å². The molecule has 204 valence electrons. The molecule has 4 aliphatic heterocycles. The summed E-state index contributed by atoms with van der Waals surface area (Å²) in [6.07, 6.45) is 7.58. The van der Waals surface area contributed by atoms with Crippen molar-refractivity contribution in [2.75, 3.05) is 26.2 Å². The van der Waals surface area contributed by atoms with E-state index < -0.39 is 6.04 Å². The lowest BCUT2D eigenvalue weighted by Gasteiger charge is -2.52. The quantitative estimate of drug-likeness (QED) is 0.596. The molecule has 0 spiro atoms. The van der Waals surface area contributed by atoms with Crippen LogP contribution < -0.4 is 10.1 Å². The Morgan fingerprint density at radius 3 is 2.58 bits per heavy atom. The zero-order valence-corrected chi connectivity index (χ0v) is 22.2. The topological polar surface area (TPSA) is 99.3 Å². The molecule has 0 aromatic heterocycles. The van der Waals surface area contributed by atoms with Gasteiger partial charge in [-0.05, 0) is 74.1 Å². The highest BCUT2D eigenvalue weighted by atomic mass is 16.5. The number of nitrogens with one attached hydrogen (secondary N) is 1. The van der Waals surface area contributed by atoms with E-state index in [9.17, 15) is 19.2 Å². The van der Waals surface area contributed by atoms with Crippen molar-refractivity contribution < 1.29 is 23.9 Å². The van der Waals surface area contributed by atoms with E-state index in [1.165, 1.54) is 12.8 Å². The van der Waals surface area contributed by atoms with Gasteiger partial charge in [0.1, 0.15) is 17.9 Å². The molecule has 4 heterocycles. The minimum absolute atomic E-state index is 0.117. The van der Waals surface area contributed by atoms with Crippen LogP contribution in [0.25, 0.3) is 0 Å². The Kier molecular flexibility index (Phi) is 6.88. The summed E-state index contributed by atoms with van der Waals surface area (Å²) < 4.78 is 6.58. The number of hydrogen-bond donors (Lipinski definition) is 1. The lowest BCUT2D eigenvalue weighted by atomic mass is 9.78. The van der Waals surface area contributed by atoms with Gasteiger partial charge in [-0.2, -0.15) is 0 Å². The van der Waals surface area contributed by atoms with Gasteiger partial charge in [0.05, 0.1) is 0 Å². The van der Waals surface area contributed by atoms with Gasteiger partial charge in [0.2, 0.25) is 17.7 Å². The van der Waals surface area contributed by atoms with Crippen LogP contribution in [0, 0.1) is 11.8 Å². The highest BCUT2D eigenvalue weighted by Gasteiger charge is 2.43. The van der Waals surface area contributed by atoms with Gasteiger partial charge in [-0.3, -0.25) is 29.4 Å². The number of hydrogen-bond acceptors (Lipinski definition) is 6. The Balaban J connectivity index is 1.08. The van der Waals surface area contributed by atoms with E-state index in [0.717, 1.165) is 63.2 Å². The number of carbonyl (C=O) groups excluding carboxylic acids is 4. The fraction of sp³-hybridized carbons (Fsp3) is 0.655. The van der Waals surface area contributed by atoms with E-state index >= 15 is 0 Å². The lowest BCUT2D eigenvalue weighted by Crippen LogP contribution is -2.60. The lowest BCUT2D eigenvalue weighted by molar-refractivity contribution is -0.137. The predicted molar refractivity (Wildman–Crippen MR) is 139 cm³/mol. The first kappa shape index (κ1) is 25.3. The Morgan fingerprint density at radius 1 is 0.974 bits per heavy atom. The average molecular weight is 523 g/mol. The molecule has 38 heavy (non-hydrogen) atoms. The molecule has 9 heteroatoms. The van der Waals surface area contributed by atoms with E-state index in [-0.39, 0.29) is 36.2 Å². The van der Waals surface area contributed by atoms with Crippen molar-refractivity contribution in [2.45, 2.75) is 83.0 Å². The van der Waals surface area contributed by atoms with Gasteiger partial charge in [0, 0.05) is 57.7 Å². The molecule has 6 rings (SSSR count). The third kappa shape index (κ3) is 4.81. The Hall–Kier alpha value is -2.94. The van der Waals surface area contributed by atoms with Gasteiger partial charge in [0.25, 0.3) is 5.91 Å². The van der Waals surface area contributed by atoms with Gasteiger partial charge in [-0.15, -0.1) is 0 Å². The molecule has 5 aliphatic rings. The van der Waals surface area contributed by atoms with Crippen molar-refractivity contribution in [3.63, 3.8) is 0 Å². The first-order chi connectivity index (χ1) is 18.4. The van der Waals surface area contributed by atoms with Crippen LogP contribution in [0.3, 0.4) is 0 Å². The maximum Gasteiger partial charge on any atom is 0.255 e. The van der Waals surface area contributed by atoms with Crippen LogP contribution in [0.5, 0.6) is 5.75 Å². The zero-order chi connectivity index (χ0) is 26.4. The molecule has 0 bridgehead atoms. The summed E-state index contributed by atoms with van der Waals surface area (Å²) in [4.78, 5) is 55.0. The number of carbonyl (C=O) groups is 4. The van der Waals surface area contributed by atoms with Crippen LogP contribution in [-0.2, 0) is 20.9 Å². The first-order valence-corrected chi connectivity index (χ1v) is 14.3. The average Bonchev–Trinajstić information content (AvgIpc) is 3.19. The summed E-state index contributed by atoms with van der Waals surface area (Å²) in [5.74, 6) is 1.41. The first-order valence-electron chi connectivity index (χ1n) is 14.3. The highest BCUT2D eigenvalue weighted by Crippen LogP contribution is 2.37. The minimum Gasteiger partial charge on any atom is -0.489 e. The van der Waals surface area contributed by atoms with Crippen LogP contribution in [-0.4, -0.2) is 82.7 Å². The van der Waals surface area contributed by atoms with Crippen LogP contribution in [0.15, 0.2) is 18.2 Å². The Morgan fingerprint density at radius 2 is 1.79 bits per heavy atom. The number of nitrogens with zero attached hydrogens (tertiary/aromatic N) is 3. The van der Waals surface area contributed by atoms with Crippen molar-refractivity contribution in [1.29, 1.82) is 0 Å². The zero-order valence-electron chi connectivity index (χ0n) is 22.2. The van der Waals surface area contributed by atoms with Crippen molar-refractivity contribution in [2.24, 2.45) is 11.8 Å². The summed E-state index contributed by atoms with van der Waals surface area (Å²) in [5, 5.41) is 2.36. The summed E-state index contributed by atoms with van der Waals surface area (Å²) in [7, 11) is 0. The molecule has 4 fully saturated rings. The Labute approximate surface area is 223 Å². The maximum absolute atomic E-state index is 13.0. The monoisotopic (exact) mass is 522 g/mol. The van der Waals surface area contributed by atoms with Crippen molar-refractivity contribution >= 4 is 23.6 Å². The number of ether oxygens (including phenoxy) is 1. The normalized spacial score (nSPS) is 30.6. The number of rotatable bonds is 5. The maximum atomic E-state index is 13.0. The molecule has 0 radical (unpaired) electrons. The third-order valence-corrected chi connectivity index (χ3v) is 9.43. The molecular formula is C29H38N4O5. The van der Waals surface area contributed by atoms with Crippen molar-refractivity contribution in [3.05, 3.63) is 29.3 Å². The molecule has 4 amide bonds. The van der Waals surface area contributed by atoms with E-state index in [0.29, 0.717) is 36.4 Å². The fourth-order valence-electron chi connectivity index (χ4n) is 7.23. The molecule has 1 aromatic carbocycles. The van der Waals surface area contributed by atoms with E-state index in [2.05, 4.69) is 10.2 Å². The van der Waals surface area contributed by atoms with Crippen LogP contribution in [0.1, 0.15) is 74.2 Å². The minimum atomic E-state index is -0.606. The number of imide groups is 1. The summed E-state index contributed by atoms with van der Waals surface area (Å²) in [6, 6.07) is 5.45. The molecule has 3 saturated heterocycles. The van der Waals surface area contributed by atoms with E-state index in [4.69, 9.17) is 4.74 Å². The van der Waals surface area contributed by atoms with Crippen molar-refractivity contribution in [1.82, 2.24) is 20.0 Å². The third-order valence-electron chi connectivity index (χ3n) is 9.43. The number of amides is 4. The summed E-state index contributed by atoms with van der Waals surface area (Å²) >= 11 is 0. The van der Waals surface area contributed by atoms with E-state index in [1.807, 2.05) is 23.1 Å². The van der Waals surface area contributed by atoms with Crippen LogP contribution >= 0.6 is 0 Å². The molecular weight excluding hydrogens is 484 g/mol. The largest absolute Gasteiger partial charge is 0.489 e. The fourth-order valence-corrected chi connectivity index (χ4v) is 7.23. The van der Waals surface area contributed by atoms with Crippen LogP contribution in [0.2, 0.25) is 0 Å². The molecule has 1 N–H and O–H groups in total. The SMILES string of the molecule is CC(=O)N1CCCC(C2CN([C@H]3CCCC[C@H]3Oc3ccc4c(c3)CN(C3CCC(=O)NC3=O)C4=O)C2)C1. The van der Waals surface area contributed by atoms with Crippen molar-refractivity contribution in [3.8, 4) is 5.75 Å². The Bertz CT molecular complexity index is 1130. The number of fused-ring (bicyclic) bond motifs is 1. The number of likely N-dealkylation sites (tertiary alicyclic amines) is 2. The molecule has 9 nitrogen and oxygen atoms in total. The van der Waals surface area contributed by atoms with Gasteiger partial charge in [-0.1, -0.05) is 6.42 Å².